The molecule has 0 aliphatic carbocycles. The van der Waals surface area contributed by atoms with Gasteiger partial charge in [0.15, 0.2) is 15.6 Å². The second kappa shape index (κ2) is 7.93. The molecule has 0 saturated heterocycles. The minimum atomic E-state index is -3.50. The highest BCUT2D eigenvalue weighted by atomic mass is 32.2. The molecule has 2 aromatic rings. The molecule has 1 N–H and O–H groups in total. The lowest BCUT2D eigenvalue weighted by Gasteiger charge is -2.20. The van der Waals surface area contributed by atoms with Gasteiger partial charge in [-0.1, -0.05) is 37.3 Å². The number of para-hydroxylation sites is 2. The van der Waals surface area contributed by atoms with Crippen LogP contribution in [-0.4, -0.2) is 37.6 Å². The van der Waals surface area contributed by atoms with E-state index in [4.69, 9.17) is 0 Å². The highest BCUT2D eigenvalue weighted by molar-refractivity contribution is 7.91. The van der Waals surface area contributed by atoms with Gasteiger partial charge < -0.3 is 5.32 Å². The maximum Gasteiger partial charge on any atom is 0.271 e. The molecule has 146 valence electrons. The molecule has 0 fully saturated rings. The van der Waals surface area contributed by atoms with Crippen molar-refractivity contribution in [1.29, 1.82) is 0 Å². The third kappa shape index (κ3) is 3.96. The number of carbonyl (C=O) groups is 2. The van der Waals surface area contributed by atoms with Crippen LogP contribution < -0.4 is 10.3 Å². The van der Waals surface area contributed by atoms with Crippen molar-refractivity contribution in [2.45, 2.75) is 31.2 Å². The molecule has 0 bridgehead atoms. The Hall–Kier alpha value is -3.00. The molecular formula is C20H21N3O4S. The molecule has 1 atom stereocenters. The molecule has 7 nitrogen and oxygen atoms in total. The fourth-order valence-electron chi connectivity index (χ4n) is 2.97. The normalized spacial score (nSPS) is 16.6. The maximum absolute atomic E-state index is 12.8. The fraction of sp³-hybridized carbons (Fsp3) is 0.250. The van der Waals surface area contributed by atoms with E-state index in [2.05, 4.69) is 10.4 Å². The smallest absolute Gasteiger partial charge is 0.271 e. The molecule has 8 heteroatoms. The first-order valence-corrected chi connectivity index (χ1v) is 10.5. The van der Waals surface area contributed by atoms with E-state index in [0.29, 0.717) is 5.69 Å². The standard InChI is InChI=1S/C20H21N3O4S/c1-3-28(26,27)19-12-8-7-11-16(19)21-20(25)17-13-18(14(2)24)23(22-17)15-9-5-4-6-10-15/h4-12,18H,3,13H2,1-2H3,(H,21,25). The number of rotatable bonds is 6. The van der Waals surface area contributed by atoms with Crippen molar-refractivity contribution >= 4 is 38.6 Å². The van der Waals surface area contributed by atoms with Crippen LogP contribution in [0.5, 0.6) is 0 Å². The number of amides is 1. The summed E-state index contributed by atoms with van der Waals surface area (Å²) < 4.78 is 24.5. The SMILES string of the molecule is CCS(=O)(=O)c1ccccc1NC(=O)C1=NN(c2ccccc2)C(C(C)=O)C1. The lowest BCUT2D eigenvalue weighted by Crippen LogP contribution is -2.33. The average molecular weight is 399 g/mol. The summed E-state index contributed by atoms with van der Waals surface area (Å²) in [4.78, 5) is 24.9. The van der Waals surface area contributed by atoms with Crippen molar-refractivity contribution < 1.29 is 18.0 Å². The van der Waals surface area contributed by atoms with Crippen molar-refractivity contribution in [3.63, 3.8) is 0 Å². The average Bonchev–Trinajstić information content (AvgIpc) is 3.15. The van der Waals surface area contributed by atoms with Crippen molar-refractivity contribution in [3.05, 3.63) is 54.6 Å². The molecule has 3 rings (SSSR count). The summed E-state index contributed by atoms with van der Waals surface area (Å²) in [5.74, 6) is -0.706. The number of hydrogen-bond donors (Lipinski definition) is 1. The Morgan fingerprint density at radius 1 is 1.11 bits per heavy atom. The highest BCUT2D eigenvalue weighted by Crippen LogP contribution is 2.26. The minimum Gasteiger partial charge on any atom is -0.320 e. The van der Waals surface area contributed by atoms with E-state index in [-0.39, 0.29) is 34.3 Å². The molecule has 28 heavy (non-hydrogen) atoms. The zero-order chi connectivity index (χ0) is 20.3. The molecule has 0 radical (unpaired) electrons. The van der Waals surface area contributed by atoms with Crippen molar-refractivity contribution in [2.75, 3.05) is 16.1 Å². The molecule has 2 aromatic carbocycles. The molecule has 0 aromatic heterocycles. The van der Waals surface area contributed by atoms with Crippen LogP contribution in [-0.2, 0) is 19.4 Å². The third-order valence-electron chi connectivity index (χ3n) is 4.51. The van der Waals surface area contributed by atoms with Gasteiger partial charge in [0, 0.05) is 6.42 Å². The van der Waals surface area contributed by atoms with E-state index in [0.717, 1.165) is 0 Å². The van der Waals surface area contributed by atoms with Gasteiger partial charge in [0.05, 0.1) is 22.0 Å². The van der Waals surface area contributed by atoms with Gasteiger partial charge in [-0.2, -0.15) is 5.10 Å². The lowest BCUT2D eigenvalue weighted by atomic mass is 10.1. The second-order valence-electron chi connectivity index (χ2n) is 6.41. The maximum atomic E-state index is 12.8. The summed E-state index contributed by atoms with van der Waals surface area (Å²) in [7, 11) is -3.50. The molecular weight excluding hydrogens is 378 g/mol. The summed E-state index contributed by atoms with van der Waals surface area (Å²) in [6, 6.07) is 14.8. The number of carbonyl (C=O) groups excluding carboxylic acids is 2. The molecule has 1 heterocycles. The van der Waals surface area contributed by atoms with E-state index in [1.807, 2.05) is 30.3 Å². The number of anilines is 2. The summed E-state index contributed by atoms with van der Waals surface area (Å²) in [5, 5.41) is 8.51. The topological polar surface area (TPSA) is 95.9 Å². The van der Waals surface area contributed by atoms with Gasteiger partial charge in [-0.05, 0) is 31.2 Å². The Morgan fingerprint density at radius 3 is 2.39 bits per heavy atom. The van der Waals surface area contributed by atoms with E-state index in [1.165, 1.54) is 24.1 Å². The highest BCUT2D eigenvalue weighted by Gasteiger charge is 2.34. The van der Waals surface area contributed by atoms with Crippen LogP contribution in [0.15, 0.2) is 64.6 Å². The Labute approximate surface area is 164 Å². The third-order valence-corrected chi connectivity index (χ3v) is 6.30. The number of sulfone groups is 1. The molecule has 0 saturated carbocycles. The van der Waals surface area contributed by atoms with Gasteiger partial charge in [-0.3, -0.25) is 14.6 Å². The van der Waals surface area contributed by atoms with Crippen LogP contribution in [0.2, 0.25) is 0 Å². The fourth-order valence-corrected chi connectivity index (χ4v) is 4.02. The van der Waals surface area contributed by atoms with E-state index < -0.39 is 21.8 Å². The number of hydrazone groups is 1. The zero-order valence-corrected chi connectivity index (χ0v) is 16.4. The lowest BCUT2D eigenvalue weighted by molar-refractivity contribution is -0.118. The molecule has 1 aliphatic rings. The molecule has 1 aliphatic heterocycles. The van der Waals surface area contributed by atoms with Crippen molar-refractivity contribution in [1.82, 2.24) is 0 Å². The molecule has 1 unspecified atom stereocenters. The van der Waals surface area contributed by atoms with Crippen molar-refractivity contribution in [3.8, 4) is 0 Å². The molecule has 0 spiro atoms. The van der Waals surface area contributed by atoms with Gasteiger partial charge in [-0.25, -0.2) is 8.42 Å². The summed E-state index contributed by atoms with van der Waals surface area (Å²) >= 11 is 0. The van der Waals surface area contributed by atoms with Gasteiger partial charge >= 0.3 is 0 Å². The predicted molar refractivity (Wildman–Crippen MR) is 108 cm³/mol. The van der Waals surface area contributed by atoms with E-state index in [9.17, 15) is 18.0 Å². The number of nitrogens with zero attached hydrogens (tertiary/aromatic N) is 2. The summed E-state index contributed by atoms with van der Waals surface area (Å²) in [5.41, 5.74) is 1.08. The predicted octanol–water partition coefficient (Wildman–Crippen LogP) is 2.64. The van der Waals surface area contributed by atoms with Crippen molar-refractivity contribution in [2.24, 2.45) is 5.10 Å². The Morgan fingerprint density at radius 2 is 1.75 bits per heavy atom. The van der Waals surface area contributed by atoms with Crippen LogP contribution in [0.4, 0.5) is 11.4 Å². The van der Waals surface area contributed by atoms with Gasteiger partial charge in [0.2, 0.25) is 0 Å². The Bertz CT molecular complexity index is 1030. The largest absolute Gasteiger partial charge is 0.320 e. The second-order valence-corrected chi connectivity index (χ2v) is 8.66. The van der Waals surface area contributed by atoms with E-state index in [1.54, 1.807) is 19.1 Å². The van der Waals surface area contributed by atoms with Crippen LogP contribution in [0.25, 0.3) is 0 Å². The summed E-state index contributed by atoms with van der Waals surface area (Å²) in [6.07, 6.45) is 0.152. The van der Waals surface area contributed by atoms with Gasteiger partial charge in [0.1, 0.15) is 11.8 Å². The molecule has 1 amide bonds. The first-order chi connectivity index (χ1) is 13.3. The van der Waals surface area contributed by atoms with Crippen LogP contribution in [0.1, 0.15) is 20.3 Å². The van der Waals surface area contributed by atoms with Gasteiger partial charge in [0.25, 0.3) is 5.91 Å². The number of hydrogen-bond acceptors (Lipinski definition) is 6. The number of benzene rings is 2. The Kier molecular flexibility index (Phi) is 5.60. The van der Waals surface area contributed by atoms with Crippen LogP contribution in [0, 0.1) is 0 Å². The van der Waals surface area contributed by atoms with E-state index >= 15 is 0 Å². The van der Waals surface area contributed by atoms with Crippen LogP contribution >= 0.6 is 0 Å². The zero-order valence-electron chi connectivity index (χ0n) is 15.6. The first kappa shape index (κ1) is 19.8. The number of Topliss-reactive ketones (excluding diaryl/α,β-unsaturated/α-hetero) is 1. The quantitative estimate of drug-likeness (QED) is 0.806. The summed E-state index contributed by atoms with van der Waals surface area (Å²) in [6.45, 7) is 3.00. The number of nitrogens with one attached hydrogen (secondary N) is 1. The number of ketones is 1. The first-order valence-electron chi connectivity index (χ1n) is 8.89. The monoisotopic (exact) mass is 399 g/mol. The van der Waals surface area contributed by atoms with Gasteiger partial charge in [-0.15, -0.1) is 0 Å². The van der Waals surface area contributed by atoms with Crippen LogP contribution in [0.3, 0.4) is 0 Å². The Balaban J connectivity index is 1.89. The minimum absolute atomic E-state index is 0.0625.